The van der Waals surface area contributed by atoms with E-state index in [2.05, 4.69) is 41.9 Å². The summed E-state index contributed by atoms with van der Waals surface area (Å²) in [4.78, 5) is 0. The van der Waals surface area contributed by atoms with Crippen molar-refractivity contribution in [2.45, 2.75) is 19.9 Å². The molecule has 1 N–H and O–H groups in total. The van der Waals surface area contributed by atoms with E-state index in [0.29, 0.717) is 5.56 Å². The van der Waals surface area contributed by atoms with Crippen LogP contribution in [0.2, 0.25) is 0 Å². The highest BCUT2D eigenvalue weighted by atomic mass is 32.1. The summed E-state index contributed by atoms with van der Waals surface area (Å²) in [5.74, 6) is -0.145. The summed E-state index contributed by atoms with van der Waals surface area (Å²) < 4.78 is 15.2. The van der Waals surface area contributed by atoms with Gasteiger partial charge in [0, 0.05) is 4.70 Å². The van der Waals surface area contributed by atoms with Crippen molar-refractivity contribution in [3.63, 3.8) is 0 Å². The Morgan fingerprint density at radius 2 is 2.05 bits per heavy atom. The van der Waals surface area contributed by atoms with Crippen LogP contribution in [-0.2, 0) is 0 Å². The normalized spacial score (nSPS) is 12.7. The molecule has 3 aromatic rings. The van der Waals surface area contributed by atoms with E-state index in [-0.39, 0.29) is 11.9 Å². The van der Waals surface area contributed by atoms with E-state index in [0.717, 1.165) is 12.1 Å². The summed E-state index contributed by atoms with van der Waals surface area (Å²) in [6.45, 7) is 4.70. The van der Waals surface area contributed by atoms with Crippen molar-refractivity contribution < 1.29 is 4.39 Å². The second-order valence-electron chi connectivity index (χ2n) is 5.19. The molecule has 0 aliphatic heterocycles. The van der Waals surface area contributed by atoms with Crippen LogP contribution < -0.4 is 5.32 Å². The molecule has 0 radical (unpaired) electrons. The molecule has 1 unspecified atom stereocenters. The van der Waals surface area contributed by atoms with Crippen LogP contribution in [0, 0.1) is 12.7 Å². The molecule has 0 aliphatic rings. The largest absolute Gasteiger partial charge is 0.306 e. The van der Waals surface area contributed by atoms with Gasteiger partial charge in [-0.2, -0.15) is 0 Å². The number of thiophene rings is 1. The zero-order chi connectivity index (χ0) is 14.8. The molecule has 108 valence electrons. The molecule has 0 bridgehead atoms. The van der Waals surface area contributed by atoms with Gasteiger partial charge in [0.25, 0.3) is 0 Å². The molecule has 3 rings (SSSR count). The standard InChI is InChI=1S/C18H18FNS/c1-3-20-17(14-8-7-12(2)16(19)11-14)15-6-4-5-13-9-10-21-18(13)15/h4-11,17,20H,3H2,1-2H3. The first-order valence-corrected chi connectivity index (χ1v) is 8.04. The summed E-state index contributed by atoms with van der Waals surface area (Å²) in [6.07, 6.45) is 0. The quantitative estimate of drug-likeness (QED) is 0.711. The average Bonchev–Trinajstić information content (AvgIpc) is 2.96. The molecular weight excluding hydrogens is 281 g/mol. The maximum absolute atomic E-state index is 13.9. The first-order valence-electron chi connectivity index (χ1n) is 7.16. The Hall–Kier alpha value is -1.71. The predicted octanol–water partition coefficient (Wildman–Crippen LogP) is 5.05. The molecule has 3 heteroatoms. The van der Waals surface area contributed by atoms with E-state index in [1.54, 1.807) is 24.3 Å². The van der Waals surface area contributed by atoms with Crippen molar-refractivity contribution in [1.82, 2.24) is 5.32 Å². The van der Waals surface area contributed by atoms with Gasteiger partial charge in [-0.3, -0.25) is 0 Å². The molecule has 1 nitrogen and oxygen atoms in total. The maximum Gasteiger partial charge on any atom is 0.126 e. The number of benzene rings is 2. The molecule has 0 saturated carbocycles. The third-order valence-corrected chi connectivity index (χ3v) is 4.74. The average molecular weight is 299 g/mol. The van der Waals surface area contributed by atoms with E-state index in [1.165, 1.54) is 15.6 Å². The van der Waals surface area contributed by atoms with E-state index >= 15 is 0 Å². The monoisotopic (exact) mass is 299 g/mol. The van der Waals surface area contributed by atoms with Crippen LogP contribution in [0.3, 0.4) is 0 Å². The Balaban J connectivity index is 2.13. The highest BCUT2D eigenvalue weighted by molar-refractivity contribution is 7.17. The van der Waals surface area contributed by atoms with E-state index in [4.69, 9.17) is 0 Å². The summed E-state index contributed by atoms with van der Waals surface area (Å²) in [7, 11) is 0. The van der Waals surface area contributed by atoms with Gasteiger partial charge in [-0.15, -0.1) is 11.3 Å². The molecule has 0 spiro atoms. The van der Waals surface area contributed by atoms with Gasteiger partial charge in [-0.25, -0.2) is 4.39 Å². The van der Waals surface area contributed by atoms with E-state index in [9.17, 15) is 4.39 Å². The van der Waals surface area contributed by atoms with Gasteiger partial charge in [-0.1, -0.05) is 37.3 Å². The minimum Gasteiger partial charge on any atom is -0.306 e. The van der Waals surface area contributed by atoms with Crippen molar-refractivity contribution in [2.24, 2.45) is 0 Å². The Bertz CT molecular complexity index is 763. The van der Waals surface area contributed by atoms with E-state index in [1.807, 2.05) is 12.1 Å². The number of nitrogens with one attached hydrogen (secondary N) is 1. The Morgan fingerprint density at radius 3 is 2.81 bits per heavy atom. The van der Waals surface area contributed by atoms with Gasteiger partial charge in [0.1, 0.15) is 5.82 Å². The van der Waals surface area contributed by atoms with Crippen LogP contribution in [0.25, 0.3) is 10.1 Å². The van der Waals surface area contributed by atoms with Crippen molar-refractivity contribution in [2.75, 3.05) is 6.54 Å². The summed E-state index contributed by atoms with van der Waals surface area (Å²) in [6, 6.07) is 14.0. The molecular formula is C18H18FNS. The lowest BCUT2D eigenvalue weighted by atomic mass is 9.96. The predicted molar refractivity (Wildman–Crippen MR) is 88.5 cm³/mol. The van der Waals surface area contributed by atoms with Gasteiger partial charge in [0.05, 0.1) is 6.04 Å². The number of hydrogen-bond acceptors (Lipinski definition) is 2. The van der Waals surface area contributed by atoms with Crippen LogP contribution >= 0.6 is 11.3 Å². The van der Waals surface area contributed by atoms with Crippen molar-refractivity contribution in [3.8, 4) is 0 Å². The summed E-state index contributed by atoms with van der Waals surface area (Å²) >= 11 is 1.74. The SMILES string of the molecule is CCNC(c1ccc(C)c(F)c1)c1cccc2ccsc12. The molecule has 1 atom stereocenters. The summed E-state index contributed by atoms with van der Waals surface area (Å²) in [5, 5.41) is 6.83. The third-order valence-electron chi connectivity index (χ3n) is 3.76. The Kier molecular flexibility index (Phi) is 4.04. The molecule has 2 aromatic carbocycles. The van der Waals surface area contributed by atoms with Crippen LogP contribution in [0.1, 0.15) is 29.7 Å². The molecule has 0 aliphatic carbocycles. The zero-order valence-corrected chi connectivity index (χ0v) is 13.0. The van der Waals surface area contributed by atoms with Crippen molar-refractivity contribution >= 4 is 21.4 Å². The Morgan fingerprint density at radius 1 is 1.19 bits per heavy atom. The fourth-order valence-electron chi connectivity index (χ4n) is 2.64. The number of fused-ring (bicyclic) bond motifs is 1. The molecule has 1 heterocycles. The first kappa shape index (κ1) is 14.2. The lowest BCUT2D eigenvalue weighted by Gasteiger charge is -2.20. The fourth-order valence-corrected chi connectivity index (χ4v) is 3.59. The van der Waals surface area contributed by atoms with Crippen LogP contribution in [0.15, 0.2) is 47.8 Å². The molecule has 0 amide bonds. The minimum absolute atomic E-state index is 0.0208. The highest BCUT2D eigenvalue weighted by Crippen LogP contribution is 2.32. The first-order chi connectivity index (χ1) is 10.2. The van der Waals surface area contributed by atoms with Gasteiger partial charge >= 0.3 is 0 Å². The second-order valence-corrected chi connectivity index (χ2v) is 6.10. The lowest BCUT2D eigenvalue weighted by molar-refractivity contribution is 0.599. The lowest BCUT2D eigenvalue weighted by Crippen LogP contribution is -2.22. The van der Waals surface area contributed by atoms with Gasteiger partial charge in [0.15, 0.2) is 0 Å². The topological polar surface area (TPSA) is 12.0 Å². The molecule has 1 aromatic heterocycles. The Labute approximate surface area is 128 Å². The van der Waals surface area contributed by atoms with Gasteiger partial charge in [0.2, 0.25) is 0 Å². The zero-order valence-electron chi connectivity index (χ0n) is 12.2. The maximum atomic E-state index is 13.9. The van der Waals surface area contributed by atoms with E-state index < -0.39 is 0 Å². The molecule has 0 saturated heterocycles. The number of halogens is 1. The highest BCUT2D eigenvalue weighted by Gasteiger charge is 2.17. The molecule has 21 heavy (non-hydrogen) atoms. The molecule has 0 fully saturated rings. The second kappa shape index (κ2) is 5.96. The number of rotatable bonds is 4. The number of hydrogen-bond donors (Lipinski definition) is 1. The third kappa shape index (κ3) is 2.71. The van der Waals surface area contributed by atoms with Gasteiger partial charge < -0.3 is 5.32 Å². The van der Waals surface area contributed by atoms with Crippen molar-refractivity contribution in [3.05, 3.63) is 70.4 Å². The van der Waals surface area contributed by atoms with Crippen LogP contribution in [0.4, 0.5) is 4.39 Å². The summed E-state index contributed by atoms with van der Waals surface area (Å²) in [5.41, 5.74) is 2.87. The number of aryl methyl sites for hydroxylation is 1. The van der Waals surface area contributed by atoms with Gasteiger partial charge in [-0.05, 0) is 53.1 Å². The van der Waals surface area contributed by atoms with Crippen molar-refractivity contribution in [1.29, 1.82) is 0 Å². The smallest absolute Gasteiger partial charge is 0.126 e. The van der Waals surface area contributed by atoms with Crippen LogP contribution in [0.5, 0.6) is 0 Å². The fraction of sp³-hybridized carbons (Fsp3) is 0.222. The minimum atomic E-state index is -0.145. The van der Waals surface area contributed by atoms with Crippen LogP contribution in [-0.4, -0.2) is 6.54 Å².